The Bertz CT molecular complexity index is 1210. The molecule has 1 aromatic carbocycles. The Balaban J connectivity index is 1.49. The lowest BCUT2D eigenvalue weighted by molar-refractivity contribution is 0.572. The molecule has 0 aliphatic carbocycles. The number of hydrogen-bond acceptors (Lipinski definition) is 6. The predicted octanol–water partition coefficient (Wildman–Crippen LogP) is 2.49. The summed E-state index contributed by atoms with van der Waals surface area (Å²) in [6.45, 7) is 0.527. The van der Waals surface area contributed by atoms with Crippen LogP contribution in [0.5, 0.6) is 0 Å². The van der Waals surface area contributed by atoms with Crippen LogP contribution in [0.4, 0.5) is 0 Å². The first-order valence-corrected chi connectivity index (χ1v) is 8.43. The number of pyridine rings is 1. The summed E-state index contributed by atoms with van der Waals surface area (Å²) in [5.74, 6) is 0.575. The van der Waals surface area contributed by atoms with Crippen LogP contribution < -0.4 is 0 Å². The zero-order valence-corrected chi connectivity index (χ0v) is 14.2. The number of rotatable bonds is 4. The lowest BCUT2D eigenvalue weighted by Gasteiger charge is -2.05. The largest absolute Gasteiger partial charge is 0.264 e. The van der Waals surface area contributed by atoms with E-state index in [0.717, 1.165) is 28.0 Å². The SMILES string of the molecule is c1cncc(Cn2nnc(-c3cccc(-c4ccnc5ccnn45)c3)n2)c1. The van der Waals surface area contributed by atoms with E-state index >= 15 is 0 Å². The van der Waals surface area contributed by atoms with Crippen LogP contribution in [0.15, 0.2) is 73.3 Å². The van der Waals surface area contributed by atoms with Gasteiger partial charge < -0.3 is 0 Å². The van der Waals surface area contributed by atoms with Crippen molar-refractivity contribution >= 4 is 5.65 Å². The van der Waals surface area contributed by atoms with E-state index in [1.807, 2.05) is 53.0 Å². The number of nitrogens with zero attached hydrogens (tertiary/aromatic N) is 8. The summed E-state index contributed by atoms with van der Waals surface area (Å²) in [5.41, 5.74) is 4.68. The molecule has 0 aliphatic rings. The fourth-order valence-electron chi connectivity index (χ4n) is 2.95. The summed E-state index contributed by atoms with van der Waals surface area (Å²) in [7, 11) is 0. The van der Waals surface area contributed by atoms with Crippen molar-refractivity contribution in [2.75, 3.05) is 0 Å². The van der Waals surface area contributed by atoms with Gasteiger partial charge in [-0.1, -0.05) is 24.3 Å². The highest BCUT2D eigenvalue weighted by Gasteiger charge is 2.10. The van der Waals surface area contributed by atoms with Crippen molar-refractivity contribution in [3.8, 4) is 22.6 Å². The quantitative estimate of drug-likeness (QED) is 0.493. The summed E-state index contributed by atoms with van der Waals surface area (Å²) in [5, 5.41) is 17.2. The summed E-state index contributed by atoms with van der Waals surface area (Å²) >= 11 is 0. The molecule has 0 unspecified atom stereocenters. The van der Waals surface area contributed by atoms with Crippen LogP contribution in [-0.2, 0) is 6.54 Å². The van der Waals surface area contributed by atoms with Gasteiger partial charge in [0.25, 0.3) is 0 Å². The maximum Gasteiger partial charge on any atom is 0.204 e. The van der Waals surface area contributed by atoms with Gasteiger partial charge in [-0.2, -0.15) is 9.90 Å². The molecule has 8 nitrogen and oxygen atoms in total. The van der Waals surface area contributed by atoms with Crippen molar-refractivity contribution in [3.63, 3.8) is 0 Å². The van der Waals surface area contributed by atoms with E-state index in [1.54, 1.807) is 29.6 Å². The van der Waals surface area contributed by atoms with E-state index < -0.39 is 0 Å². The molecule has 5 aromatic rings. The molecule has 0 amide bonds. The average molecular weight is 354 g/mol. The van der Waals surface area contributed by atoms with E-state index in [0.29, 0.717) is 12.4 Å². The Morgan fingerprint density at radius 1 is 0.889 bits per heavy atom. The average Bonchev–Trinajstić information content (AvgIpc) is 3.38. The first-order chi connectivity index (χ1) is 13.4. The van der Waals surface area contributed by atoms with Crippen molar-refractivity contribution in [2.24, 2.45) is 0 Å². The topological polar surface area (TPSA) is 86.7 Å². The predicted molar refractivity (Wildman–Crippen MR) is 98.6 cm³/mol. The molecule has 4 heterocycles. The van der Waals surface area contributed by atoms with Gasteiger partial charge in [-0.25, -0.2) is 9.50 Å². The van der Waals surface area contributed by atoms with Crippen LogP contribution >= 0.6 is 0 Å². The molecule has 0 bridgehead atoms. The van der Waals surface area contributed by atoms with Crippen molar-refractivity contribution < 1.29 is 0 Å². The van der Waals surface area contributed by atoms with E-state index in [-0.39, 0.29) is 0 Å². The van der Waals surface area contributed by atoms with Gasteiger partial charge in [-0.15, -0.1) is 10.2 Å². The highest BCUT2D eigenvalue weighted by Crippen LogP contribution is 2.24. The zero-order chi connectivity index (χ0) is 18.1. The lowest BCUT2D eigenvalue weighted by Crippen LogP contribution is -2.04. The number of aromatic nitrogens is 8. The molecule has 5 rings (SSSR count). The van der Waals surface area contributed by atoms with Crippen molar-refractivity contribution in [1.82, 2.24) is 39.8 Å². The number of fused-ring (bicyclic) bond motifs is 1. The normalized spacial score (nSPS) is 11.1. The van der Waals surface area contributed by atoms with E-state index in [4.69, 9.17) is 0 Å². The summed E-state index contributed by atoms with van der Waals surface area (Å²) < 4.78 is 1.81. The van der Waals surface area contributed by atoms with Crippen LogP contribution in [0.3, 0.4) is 0 Å². The minimum absolute atomic E-state index is 0.527. The monoisotopic (exact) mass is 354 g/mol. The van der Waals surface area contributed by atoms with E-state index in [9.17, 15) is 0 Å². The second-order valence-electron chi connectivity index (χ2n) is 6.02. The molecule has 130 valence electrons. The molecule has 27 heavy (non-hydrogen) atoms. The van der Waals surface area contributed by atoms with Gasteiger partial charge in [0.2, 0.25) is 5.82 Å². The van der Waals surface area contributed by atoms with Gasteiger partial charge in [0.15, 0.2) is 5.65 Å². The molecule has 0 saturated heterocycles. The second-order valence-corrected chi connectivity index (χ2v) is 6.02. The molecule has 8 heteroatoms. The number of hydrogen-bond donors (Lipinski definition) is 0. The molecule has 4 aromatic heterocycles. The van der Waals surface area contributed by atoms with Crippen LogP contribution in [0.1, 0.15) is 5.56 Å². The number of tetrazole rings is 1. The molecule has 0 spiro atoms. The van der Waals surface area contributed by atoms with Crippen LogP contribution in [-0.4, -0.2) is 39.8 Å². The molecule has 0 N–H and O–H groups in total. The summed E-state index contributed by atoms with van der Waals surface area (Å²) in [6, 6.07) is 15.7. The Morgan fingerprint density at radius 3 is 2.78 bits per heavy atom. The van der Waals surface area contributed by atoms with Gasteiger partial charge in [-0.05, 0) is 29.0 Å². The Labute approximate surface area is 154 Å². The Morgan fingerprint density at radius 2 is 1.85 bits per heavy atom. The third-order valence-electron chi connectivity index (χ3n) is 4.21. The maximum atomic E-state index is 4.49. The summed E-state index contributed by atoms with van der Waals surface area (Å²) in [4.78, 5) is 9.98. The van der Waals surface area contributed by atoms with Crippen molar-refractivity contribution in [2.45, 2.75) is 6.54 Å². The van der Waals surface area contributed by atoms with Gasteiger partial charge in [-0.3, -0.25) is 4.98 Å². The first-order valence-electron chi connectivity index (χ1n) is 8.43. The van der Waals surface area contributed by atoms with Crippen LogP contribution in [0.25, 0.3) is 28.3 Å². The Hall–Kier alpha value is -3.94. The molecular formula is C19H14N8. The highest BCUT2D eigenvalue weighted by atomic mass is 15.6. The Kier molecular flexibility index (Phi) is 3.64. The standard InChI is InChI=1S/C19H14N8/c1-4-15(17-6-9-21-18-7-10-22-27(17)18)11-16(5-1)19-23-25-26(24-19)13-14-3-2-8-20-12-14/h1-12H,13H2. The second kappa shape index (κ2) is 6.41. The van der Waals surface area contributed by atoms with Crippen molar-refractivity contribution in [1.29, 1.82) is 0 Å². The third kappa shape index (κ3) is 2.93. The van der Waals surface area contributed by atoms with E-state index in [2.05, 4.69) is 30.5 Å². The van der Waals surface area contributed by atoms with E-state index in [1.165, 1.54) is 0 Å². The molecule has 0 atom stereocenters. The van der Waals surface area contributed by atoms with Gasteiger partial charge >= 0.3 is 0 Å². The molecular weight excluding hydrogens is 340 g/mol. The fourth-order valence-corrected chi connectivity index (χ4v) is 2.95. The molecule has 0 saturated carbocycles. The summed E-state index contributed by atoms with van der Waals surface area (Å²) in [6.07, 6.45) is 7.05. The van der Waals surface area contributed by atoms with Crippen LogP contribution in [0.2, 0.25) is 0 Å². The fraction of sp³-hybridized carbons (Fsp3) is 0.0526. The third-order valence-corrected chi connectivity index (χ3v) is 4.21. The van der Waals surface area contributed by atoms with Gasteiger partial charge in [0.1, 0.15) is 0 Å². The smallest absolute Gasteiger partial charge is 0.204 e. The van der Waals surface area contributed by atoms with Gasteiger partial charge in [0, 0.05) is 35.8 Å². The highest BCUT2D eigenvalue weighted by molar-refractivity contribution is 5.69. The van der Waals surface area contributed by atoms with Crippen molar-refractivity contribution in [3.05, 3.63) is 78.9 Å². The molecule has 0 fully saturated rings. The molecule has 0 aliphatic heterocycles. The first kappa shape index (κ1) is 15.3. The van der Waals surface area contributed by atoms with Crippen LogP contribution in [0, 0.1) is 0 Å². The lowest BCUT2D eigenvalue weighted by atomic mass is 10.1. The molecule has 0 radical (unpaired) electrons. The maximum absolute atomic E-state index is 4.49. The number of benzene rings is 1. The van der Waals surface area contributed by atoms with Gasteiger partial charge in [0.05, 0.1) is 18.4 Å². The minimum Gasteiger partial charge on any atom is -0.264 e. The minimum atomic E-state index is 0.527. The zero-order valence-electron chi connectivity index (χ0n) is 14.2.